The summed E-state index contributed by atoms with van der Waals surface area (Å²) in [5.74, 6) is 0.234. The molecule has 110 valence electrons. The Morgan fingerprint density at radius 1 is 1.40 bits per heavy atom. The largest absolute Gasteiger partial charge is 0.342 e. The second-order valence-corrected chi connectivity index (χ2v) is 7.42. The van der Waals surface area contributed by atoms with E-state index in [1.54, 1.807) is 18.3 Å². The number of hydrogen-bond donors (Lipinski definition) is 0. The van der Waals surface area contributed by atoms with Crippen molar-refractivity contribution >= 4 is 17.2 Å². The zero-order valence-electron chi connectivity index (χ0n) is 12.4. The lowest BCUT2D eigenvalue weighted by atomic mass is 9.79. The van der Waals surface area contributed by atoms with Gasteiger partial charge in [-0.2, -0.15) is 0 Å². The number of aromatic nitrogens is 1. The topological polar surface area (TPSA) is 36.4 Å². The number of rotatable bonds is 2. The Balaban J connectivity index is 1.62. The number of nitrogens with zero attached hydrogens (tertiary/aromatic N) is 3. The molecule has 2 fully saturated rings. The van der Waals surface area contributed by atoms with Gasteiger partial charge < -0.3 is 4.90 Å². The van der Waals surface area contributed by atoms with Crippen molar-refractivity contribution in [3.8, 4) is 0 Å². The number of aryl methyl sites for hydroxylation is 1. The summed E-state index contributed by atoms with van der Waals surface area (Å²) in [6.45, 7) is 8.88. The number of hydrogen-bond acceptors (Lipinski definition) is 4. The maximum atomic E-state index is 11.6. The van der Waals surface area contributed by atoms with Crippen LogP contribution in [0.2, 0.25) is 0 Å². The highest BCUT2D eigenvalue weighted by molar-refractivity contribution is 7.09. The summed E-state index contributed by atoms with van der Waals surface area (Å²) in [6.07, 6.45) is 3.65. The molecule has 20 heavy (non-hydrogen) atoms. The second kappa shape index (κ2) is 5.45. The lowest BCUT2D eigenvalue weighted by Gasteiger charge is -2.40. The van der Waals surface area contributed by atoms with Gasteiger partial charge in [-0.15, -0.1) is 11.3 Å². The van der Waals surface area contributed by atoms with Crippen LogP contribution >= 0.6 is 11.3 Å². The number of carbonyl (C=O) groups is 1. The van der Waals surface area contributed by atoms with Crippen molar-refractivity contribution in [3.63, 3.8) is 0 Å². The quantitative estimate of drug-likeness (QED) is 0.839. The molecule has 1 atom stereocenters. The molecule has 0 N–H and O–H groups in total. The Kier molecular flexibility index (Phi) is 3.82. The molecule has 2 saturated heterocycles. The minimum atomic E-state index is 0.234. The van der Waals surface area contributed by atoms with Gasteiger partial charge in [-0.25, -0.2) is 4.98 Å². The molecule has 0 aliphatic carbocycles. The van der Waals surface area contributed by atoms with Gasteiger partial charge in [0.1, 0.15) is 0 Å². The van der Waals surface area contributed by atoms with E-state index >= 15 is 0 Å². The molecule has 3 rings (SSSR count). The highest BCUT2D eigenvalue weighted by Gasteiger charge is 2.41. The standard InChI is InChI=1S/C15H23N3OS/c1-12-16-14(9-20-12)8-17-7-5-15(10-17)4-3-6-18(11-15)13(2)19/h9H,3-8,10-11H2,1-2H3. The van der Waals surface area contributed by atoms with Crippen LogP contribution in [0.3, 0.4) is 0 Å². The first-order chi connectivity index (χ1) is 9.56. The zero-order valence-corrected chi connectivity index (χ0v) is 13.2. The van der Waals surface area contributed by atoms with Gasteiger partial charge in [-0.1, -0.05) is 0 Å². The van der Waals surface area contributed by atoms with Gasteiger partial charge in [0.25, 0.3) is 0 Å². The Labute approximate surface area is 124 Å². The highest BCUT2D eigenvalue weighted by Crippen LogP contribution is 2.39. The molecule has 0 bridgehead atoms. The number of piperidine rings is 1. The van der Waals surface area contributed by atoms with Crippen molar-refractivity contribution in [2.24, 2.45) is 5.41 Å². The molecule has 1 spiro atoms. The summed E-state index contributed by atoms with van der Waals surface area (Å²) in [4.78, 5) is 20.7. The van der Waals surface area contributed by atoms with E-state index in [9.17, 15) is 4.79 Å². The predicted octanol–water partition coefficient (Wildman–Crippen LogP) is 2.29. The van der Waals surface area contributed by atoms with Gasteiger partial charge in [0.05, 0.1) is 10.7 Å². The average Bonchev–Trinajstić information content (AvgIpc) is 2.98. The number of carbonyl (C=O) groups excluding carboxylic acids is 1. The molecule has 1 aromatic heterocycles. The van der Waals surface area contributed by atoms with Crippen LogP contribution in [0.25, 0.3) is 0 Å². The average molecular weight is 293 g/mol. The van der Waals surface area contributed by atoms with E-state index in [0.717, 1.165) is 44.2 Å². The van der Waals surface area contributed by atoms with E-state index in [2.05, 4.69) is 22.2 Å². The fourth-order valence-corrected chi connectivity index (χ4v) is 4.29. The van der Waals surface area contributed by atoms with E-state index in [1.807, 2.05) is 4.90 Å². The fourth-order valence-electron chi connectivity index (χ4n) is 3.68. The molecule has 0 aromatic carbocycles. The molecule has 2 aliphatic rings. The Morgan fingerprint density at radius 3 is 2.95 bits per heavy atom. The minimum absolute atomic E-state index is 0.234. The van der Waals surface area contributed by atoms with Gasteiger partial charge in [0.2, 0.25) is 5.91 Å². The van der Waals surface area contributed by atoms with Gasteiger partial charge in [0, 0.05) is 43.9 Å². The Morgan fingerprint density at radius 2 is 2.25 bits per heavy atom. The lowest BCUT2D eigenvalue weighted by Crippen LogP contribution is -2.46. The molecular weight excluding hydrogens is 270 g/mol. The van der Waals surface area contributed by atoms with Crippen molar-refractivity contribution in [2.75, 3.05) is 26.2 Å². The summed E-state index contributed by atoms with van der Waals surface area (Å²) in [7, 11) is 0. The number of thiazole rings is 1. The lowest BCUT2D eigenvalue weighted by molar-refractivity contribution is -0.132. The van der Waals surface area contributed by atoms with Crippen LogP contribution in [-0.4, -0.2) is 46.9 Å². The first kappa shape index (κ1) is 14.0. The molecule has 1 aromatic rings. The van der Waals surface area contributed by atoms with E-state index in [0.29, 0.717) is 5.41 Å². The summed E-state index contributed by atoms with van der Waals surface area (Å²) in [6, 6.07) is 0. The third-order valence-electron chi connectivity index (χ3n) is 4.68. The van der Waals surface area contributed by atoms with Crippen molar-refractivity contribution < 1.29 is 4.79 Å². The molecule has 2 aliphatic heterocycles. The van der Waals surface area contributed by atoms with Crippen LogP contribution in [0.5, 0.6) is 0 Å². The van der Waals surface area contributed by atoms with Crippen LogP contribution in [0, 0.1) is 12.3 Å². The van der Waals surface area contributed by atoms with Crippen molar-refractivity contribution in [1.82, 2.24) is 14.8 Å². The summed E-state index contributed by atoms with van der Waals surface area (Å²) < 4.78 is 0. The number of amides is 1. The molecular formula is C15H23N3OS. The van der Waals surface area contributed by atoms with Gasteiger partial charge in [-0.05, 0) is 32.7 Å². The van der Waals surface area contributed by atoms with Crippen molar-refractivity contribution in [1.29, 1.82) is 0 Å². The van der Waals surface area contributed by atoms with E-state index in [4.69, 9.17) is 0 Å². The Bertz CT molecular complexity index is 501. The molecule has 0 radical (unpaired) electrons. The van der Waals surface area contributed by atoms with E-state index in [-0.39, 0.29) is 5.91 Å². The summed E-state index contributed by atoms with van der Waals surface area (Å²) in [5, 5.41) is 3.32. The smallest absolute Gasteiger partial charge is 0.219 e. The van der Waals surface area contributed by atoms with Gasteiger partial charge in [0.15, 0.2) is 0 Å². The molecule has 1 unspecified atom stereocenters. The normalized spacial score (nSPS) is 27.4. The number of likely N-dealkylation sites (tertiary alicyclic amines) is 2. The van der Waals surface area contributed by atoms with Crippen LogP contribution in [0.4, 0.5) is 0 Å². The summed E-state index contributed by atoms with van der Waals surface area (Å²) in [5.41, 5.74) is 1.54. The van der Waals surface area contributed by atoms with Crippen LogP contribution in [0.15, 0.2) is 5.38 Å². The Hall–Kier alpha value is -0.940. The fraction of sp³-hybridized carbons (Fsp3) is 0.733. The maximum Gasteiger partial charge on any atom is 0.219 e. The molecule has 4 nitrogen and oxygen atoms in total. The third-order valence-corrected chi connectivity index (χ3v) is 5.50. The van der Waals surface area contributed by atoms with Gasteiger partial charge in [-0.3, -0.25) is 9.69 Å². The second-order valence-electron chi connectivity index (χ2n) is 6.36. The first-order valence-corrected chi connectivity index (χ1v) is 8.33. The molecule has 3 heterocycles. The highest BCUT2D eigenvalue weighted by atomic mass is 32.1. The third kappa shape index (κ3) is 2.88. The van der Waals surface area contributed by atoms with Crippen LogP contribution < -0.4 is 0 Å². The van der Waals surface area contributed by atoms with Gasteiger partial charge >= 0.3 is 0 Å². The van der Waals surface area contributed by atoms with Crippen molar-refractivity contribution in [2.45, 2.75) is 39.7 Å². The molecule has 5 heteroatoms. The van der Waals surface area contributed by atoms with Crippen LogP contribution in [0.1, 0.15) is 36.9 Å². The first-order valence-electron chi connectivity index (χ1n) is 7.45. The van der Waals surface area contributed by atoms with Crippen LogP contribution in [-0.2, 0) is 11.3 Å². The van der Waals surface area contributed by atoms with E-state index in [1.165, 1.54) is 18.5 Å². The monoisotopic (exact) mass is 293 g/mol. The summed E-state index contributed by atoms with van der Waals surface area (Å²) >= 11 is 1.73. The van der Waals surface area contributed by atoms with E-state index < -0.39 is 0 Å². The molecule has 1 amide bonds. The molecule has 0 saturated carbocycles. The van der Waals surface area contributed by atoms with Crippen molar-refractivity contribution in [3.05, 3.63) is 16.1 Å². The SMILES string of the molecule is CC(=O)N1CCCC2(CCN(Cc3csc(C)n3)C2)C1. The zero-order chi connectivity index (χ0) is 14.2. The predicted molar refractivity (Wildman–Crippen MR) is 80.7 cm³/mol. The minimum Gasteiger partial charge on any atom is -0.342 e. The maximum absolute atomic E-state index is 11.6.